The highest BCUT2D eigenvalue weighted by Gasteiger charge is 2.21. The van der Waals surface area contributed by atoms with Crippen LogP contribution in [-0.2, 0) is 11.8 Å². The molecular formula is C12H18N4O2. The van der Waals surface area contributed by atoms with E-state index in [0.29, 0.717) is 23.7 Å². The van der Waals surface area contributed by atoms with E-state index in [4.69, 9.17) is 14.7 Å². The SMILES string of the molecule is Cc1nn(C)c(OCC2CNCC(C)O2)c1C#N. The normalized spacial score (nSPS) is 23.7. The topological polar surface area (TPSA) is 72.1 Å². The van der Waals surface area contributed by atoms with Crippen molar-refractivity contribution in [3.63, 3.8) is 0 Å². The van der Waals surface area contributed by atoms with Crippen LogP contribution >= 0.6 is 0 Å². The highest BCUT2D eigenvalue weighted by Crippen LogP contribution is 2.20. The smallest absolute Gasteiger partial charge is 0.230 e. The van der Waals surface area contributed by atoms with Gasteiger partial charge in [-0.1, -0.05) is 0 Å². The van der Waals surface area contributed by atoms with Crippen molar-refractivity contribution in [1.82, 2.24) is 15.1 Å². The van der Waals surface area contributed by atoms with E-state index in [1.54, 1.807) is 18.7 Å². The number of rotatable bonds is 3. The first-order valence-electron chi connectivity index (χ1n) is 6.04. The molecule has 2 unspecified atom stereocenters. The van der Waals surface area contributed by atoms with E-state index < -0.39 is 0 Å². The van der Waals surface area contributed by atoms with Gasteiger partial charge in [0.25, 0.3) is 0 Å². The fraction of sp³-hybridized carbons (Fsp3) is 0.667. The van der Waals surface area contributed by atoms with Crippen LogP contribution in [0.2, 0.25) is 0 Å². The van der Waals surface area contributed by atoms with Gasteiger partial charge in [0.05, 0.1) is 11.8 Å². The third kappa shape index (κ3) is 2.63. The summed E-state index contributed by atoms with van der Waals surface area (Å²) in [7, 11) is 1.77. The van der Waals surface area contributed by atoms with Crippen LogP contribution < -0.4 is 10.1 Å². The maximum Gasteiger partial charge on any atom is 0.230 e. The minimum absolute atomic E-state index is 0.00972. The number of nitrogens with zero attached hydrogens (tertiary/aromatic N) is 3. The van der Waals surface area contributed by atoms with Crippen LogP contribution in [-0.4, -0.2) is 41.7 Å². The maximum atomic E-state index is 9.06. The molecule has 18 heavy (non-hydrogen) atoms. The van der Waals surface area contributed by atoms with Crippen LogP contribution in [0, 0.1) is 18.3 Å². The molecule has 1 aromatic rings. The fourth-order valence-corrected chi connectivity index (χ4v) is 2.07. The van der Waals surface area contributed by atoms with Gasteiger partial charge in [0.2, 0.25) is 5.88 Å². The molecule has 2 rings (SSSR count). The summed E-state index contributed by atoms with van der Waals surface area (Å²) >= 11 is 0. The molecule has 98 valence electrons. The second kappa shape index (κ2) is 5.38. The lowest BCUT2D eigenvalue weighted by atomic mass is 10.2. The maximum absolute atomic E-state index is 9.06. The lowest BCUT2D eigenvalue weighted by Gasteiger charge is -2.28. The summed E-state index contributed by atoms with van der Waals surface area (Å²) < 4.78 is 13.0. The van der Waals surface area contributed by atoms with Crippen LogP contribution in [0.1, 0.15) is 18.2 Å². The number of aryl methyl sites for hydroxylation is 2. The molecule has 1 aliphatic heterocycles. The van der Waals surface area contributed by atoms with E-state index >= 15 is 0 Å². The Kier molecular flexibility index (Phi) is 3.84. The van der Waals surface area contributed by atoms with Crippen LogP contribution in [0.4, 0.5) is 0 Å². The molecule has 6 nitrogen and oxygen atoms in total. The number of aromatic nitrogens is 2. The third-order valence-corrected chi connectivity index (χ3v) is 2.92. The van der Waals surface area contributed by atoms with E-state index in [9.17, 15) is 0 Å². The molecule has 2 heterocycles. The minimum atomic E-state index is 0.00972. The van der Waals surface area contributed by atoms with Crippen molar-refractivity contribution in [3.8, 4) is 11.9 Å². The number of nitriles is 1. The standard InChI is InChI=1S/C12H18N4O2/c1-8-5-14-6-10(18-8)7-17-12-11(4-13)9(2)15-16(12)3/h8,10,14H,5-7H2,1-3H3. The average molecular weight is 250 g/mol. The molecule has 0 spiro atoms. The van der Waals surface area contributed by atoms with E-state index in [1.165, 1.54) is 0 Å². The van der Waals surface area contributed by atoms with Crippen LogP contribution in [0.3, 0.4) is 0 Å². The monoisotopic (exact) mass is 250 g/mol. The Bertz CT molecular complexity index is 463. The predicted molar refractivity (Wildman–Crippen MR) is 65.4 cm³/mol. The number of nitrogens with one attached hydrogen (secondary N) is 1. The van der Waals surface area contributed by atoms with Crippen LogP contribution in [0.25, 0.3) is 0 Å². The van der Waals surface area contributed by atoms with Gasteiger partial charge in [0, 0.05) is 20.1 Å². The van der Waals surface area contributed by atoms with E-state index in [0.717, 1.165) is 13.1 Å². The van der Waals surface area contributed by atoms with Gasteiger partial charge in [-0.25, -0.2) is 4.68 Å². The molecule has 1 aromatic heterocycles. The van der Waals surface area contributed by atoms with E-state index in [-0.39, 0.29) is 12.2 Å². The molecule has 1 N–H and O–H groups in total. The van der Waals surface area contributed by atoms with Gasteiger partial charge < -0.3 is 14.8 Å². The number of hydrogen-bond donors (Lipinski definition) is 1. The van der Waals surface area contributed by atoms with Crippen molar-refractivity contribution in [2.45, 2.75) is 26.1 Å². The van der Waals surface area contributed by atoms with Crippen molar-refractivity contribution < 1.29 is 9.47 Å². The van der Waals surface area contributed by atoms with Crippen molar-refractivity contribution in [3.05, 3.63) is 11.3 Å². The van der Waals surface area contributed by atoms with Crippen molar-refractivity contribution in [2.24, 2.45) is 7.05 Å². The first-order valence-corrected chi connectivity index (χ1v) is 6.04. The van der Waals surface area contributed by atoms with Gasteiger partial charge in [-0.2, -0.15) is 10.4 Å². The summed E-state index contributed by atoms with van der Waals surface area (Å²) in [5.74, 6) is 0.511. The first kappa shape index (κ1) is 12.9. The number of morpholine rings is 1. The molecule has 0 bridgehead atoms. The first-order chi connectivity index (χ1) is 8.61. The van der Waals surface area contributed by atoms with Crippen molar-refractivity contribution in [1.29, 1.82) is 5.26 Å². The summed E-state index contributed by atoms with van der Waals surface area (Å²) in [6.07, 6.45) is 0.201. The van der Waals surface area contributed by atoms with Crippen molar-refractivity contribution >= 4 is 0 Å². The molecule has 0 aliphatic carbocycles. The molecule has 2 atom stereocenters. The quantitative estimate of drug-likeness (QED) is 0.838. The summed E-state index contributed by atoms with van der Waals surface area (Å²) in [4.78, 5) is 0. The van der Waals surface area contributed by atoms with Crippen LogP contribution in [0.15, 0.2) is 0 Å². The Morgan fingerprint density at radius 2 is 2.39 bits per heavy atom. The summed E-state index contributed by atoms with van der Waals surface area (Å²) in [5, 5.41) is 16.5. The Morgan fingerprint density at radius 3 is 3.06 bits per heavy atom. The molecule has 0 aromatic carbocycles. The van der Waals surface area contributed by atoms with Gasteiger partial charge in [-0.15, -0.1) is 0 Å². The van der Waals surface area contributed by atoms with Gasteiger partial charge in [-0.3, -0.25) is 0 Å². The Morgan fingerprint density at radius 1 is 1.61 bits per heavy atom. The zero-order valence-electron chi connectivity index (χ0n) is 10.9. The molecule has 1 fully saturated rings. The molecule has 0 radical (unpaired) electrons. The van der Waals surface area contributed by atoms with Crippen LogP contribution in [0.5, 0.6) is 5.88 Å². The lowest BCUT2D eigenvalue weighted by Crippen LogP contribution is -2.46. The molecule has 0 amide bonds. The van der Waals surface area contributed by atoms with Gasteiger partial charge in [-0.05, 0) is 13.8 Å². The number of ether oxygens (including phenoxy) is 2. The highest BCUT2D eigenvalue weighted by atomic mass is 16.5. The second-order valence-corrected chi connectivity index (χ2v) is 4.54. The fourth-order valence-electron chi connectivity index (χ4n) is 2.07. The zero-order chi connectivity index (χ0) is 13.1. The zero-order valence-corrected chi connectivity index (χ0v) is 10.9. The summed E-state index contributed by atoms with van der Waals surface area (Å²) in [6.45, 7) is 5.87. The Labute approximate surface area is 106 Å². The number of hydrogen-bond acceptors (Lipinski definition) is 5. The Balaban J connectivity index is 2.00. The molecule has 1 aliphatic rings. The molecule has 1 saturated heterocycles. The summed E-state index contributed by atoms with van der Waals surface area (Å²) in [5.41, 5.74) is 1.18. The van der Waals surface area contributed by atoms with Crippen molar-refractivity contribution in [2.75, 3.05) is 19.7 Å². The van der Waals surface area contributed by atoms with E-state index in [1.807, 2.05) is 6.92 Å². The highest BCUT2D eigenvalue weighted by molar-refractivity contribution is 5.41. The second-order valence-electron chi connectivity index (χ2n) is 4.54. The van der Waals surface area contributed by atoms with Gasteiger partial charge in [0.15, 0.2) is 0 Å². The summed E-state index contributed by atoms with van der Waals surface area (Å²) in [6, 6.07) is 2.12. The van der Waals surface area contributed by atoms with E-state index in [2.05, 4.69) is 16.5 Å². The largest absolute Gasteiger partial charge is 0.474 e. The minimum Gasteiger partial charge on any atom is -0.474 e. The third-order valence-electron chi connectivity index (χ3n) is 2.92. The average Bonchev–Trinajstić information content (AvgIpc) is 2.60. The Hall–Kier alpha value is -1.58. The van der Waals surface area contributed by atoms with Gasteiger partial charge in [0.1, 0.15) is 24.3 Å². The molecular weight excluding hydrogens is 232 g/mol. The molecule has 6 heteroatoms. The lowest BCUT2D eigenvalue weighted by molar-refractivity contribution is -0.0481. The predicted octanol–water partition coefficient (Wildman–Crippen LogP) is 0.356. The molecule has 0 saturated carbocycles. The van der Waals surface area contributed by atoms with Gasteiger partial charge >= 0.3 is 0 Å².